The van der Waals surface area contributed by atoms with Crippen molar-refractivity contribution in [2.75, 3.05) is 0 Å². The van der Waals surface area contributed by atoms with Gasteiger partial charge >= 0.3 is 19.2 Å². The van der Waals surface area contributed by atoms with E-state index in [0.717, 1.165) is 0 Å². The molecular formula is C26H47BN2O7. The van der Waals surface area contributed by atoms with Crippen LogP contribution >= 0.6 is 0 Å². The van der Waals surface area contributed by atoms with Crippen molar-refractivity contribution in [1.82, 2.24) is 10.6 Å². The lowest BCUT2D eigenvalue weighted by Gasteiger charge is -2.32. The number of nitrogens with one attached hydrogen (secondary N) is 2. The second kappa shape index (κ2) is 12.0. The minimum atomic E-state index is -0.858. The molecule has 0 spiro atoms. The van der Waals surface area contributed by atoms with Crippen molar-refractivity contribution in [3.8, 4) is 0 Å². The number of hydrogen-bond acceptors (Lipinski definition) is 7. The van der Waals surface area contributed by atoms with Gasteiger partial charge in [0.05, 0.1) is 17.6 Å². The Morgan fingerprint density at radius 1 is 0.944 bits per heavy atom. The van der Waals surface area contributed by atoms with E-state index in [9.17, 15) is 14.4 Å². The molecule has 0 unspecified atom stereocenters. The van der Waals surface area contributed by atoms with Gasteiger partial charge in [0.1, 0.15) is 17.2 Å². The number of amides is 2. The normalized spacial score (nSPS) is 18.7. The van der Waals surface area contributed by atoms with Crippen LogP contribution in [0.5, 0.6) is 0 Å². The summed E-state index contributed by atoms with van der Waals surface area (Å²) < 4.78 is 22.8. The SMILES string of the molecule is C=C(NC(=O)[C@H](C)NC(=O)OC(C)(C)C)[C@H](CCCB1OC(C)(C)C(C)(C)O1)CC(=O)OC(C)(C)C. The second-order valence-electron chi connectivity index (χ2n) is 12.5. The number of hydrogen-bond donors (Lipinski definition) is 2. The molecule has 10 heteroatoms. The van der Waals surface area contributed by atoms with Gasteiger partial charge in [-0.15, -0.1) is 0 Å². The molecule has 2 atom stereocenters. The molecule has 1 aliphatic rings. The maximum atomic E-state index is 12.7. The Morgan fingerprint density at radius 3 is 1.92 bits per heavy atom. The van der Waals surface area contributed by atoms with E-state index in [-0.39, 0.29) is 25.4 Å². The van der Waals surface area contributed by atoms with Gasteiger partial charge in [0.25, 0.3) is 0 Å². The summed E-state index contributed by atoms with van der Waals surface area (Å²) in [4.78, 5) is 37.3. The molecule has 1 heterocycles. The largest absolute Gasteiger partial charge is 0.460 e. The molecule has 206 valence electrons. The summed E-state index contributed by atoms with van der Waals surface area (Å²) in [6, 6.07) is -0.858. The Kier molecular flexibility index (Phi) is 10.6. The molecule has 36 heavy (non-hydrogen) atoms. The number of carbonyl (C=O) groups is 3. The summed E-state index contributed by atoms with van der Waals surface area (Å²) in [5, 5.41) is 5.26. The van der Waals surface area contributed by atoms with E-state index in [1.165, 1.54) is 0 Å². The van der Waals surface area contributed by atoms with Gasteiger partial charge < -0.3 is 29.4 Å². The monoisotopic (exact) mass is 510 g/mol. The van der Waals surface area contributed by atoms with E-state index in [1.54, 1.807) is 48.5 Å². The number of esters is 1. The summed E-state index contributed by atoms with van der Waals surface area (Å²) in [6.45, 7) is 24.2. The summed E-state index contributed by atoms with van der Waals surface area (Å²) in [5.41, 5.74) is -1.75. The van der Waals surface area contributed by atoms with Gasteiger partial charge in [-0.2, -0.15) is 0 Å². The smallest absolute Gasteiger partial charge is 0.457 e. The number of alkyl carbamates (subject to hydrolysis) is 1. The highest BCUT2D eigenvalue weighted by atomic mass is 16.7. The first-order valence-corrected chi connectivity index (χ1v) is 12.7. The van der Waals surface area contributed by atoms with Crippen molar-refractivity contribution in [2.24, 2.45) is 5.92 Å². The second-order valence-corrected chi connectivity index (χ2v) is 12.5. The third kappa shape index (κ3) is 10.9. The van der Waals surface area contributed by atoms with Crippen molar-refractivity contribution >= 4 is 25.1 Å². The Hall–Kier alpha value is -2.07. The van der Waals surface area contributed by atoms with Crippen LogP contribution in [0.4, 0.5) is 4.79 Å². The van der Waals surface area contributed by atoms with Gasteiger partial charge in [0.2, 0.25) is 5.91 Å². The minimum Gasteiger partial charge on any atom is -0.460 e. The van der Waals surface area contributed by atoms with E-state index in [0.29, 0.717) is 24.9 Å². The standard InChI is InChI=1S/C26H47BN2O7/c1-17(28-21(31)18(2)29-22(32)34-24(6,7)8)19(16-20(30)33-23(3,4)5)14-13-15-27-35-25(9,10)26(11,12)36-27/h18-19H,1,13-16H2,2-12H3,(H,28,31)(H,29,32)/t18-,19+/m0/s1. The fourth-order valence-corrected chi connectivity index (χ4v) is 3.52. The third-order valence-electron chi connectivity index (χ3n) is 6.03. The lowest BCUT2D eigenvalue weighted by atomic mass is 9.80. The number of allylic oxidation sites excluding steroid dienone is 1. The predicted octanol–water partition coefficient (Wildman–Crippen LogP) is 4.75. The molecule has 0 aromatic rings. The highest BCUT2D eigenvalue weighted by Crippen LogP contribution is 2.38. The zero-order chi connectivity index (χ0) is 28.1. The highest BCUT2D eigenvalue weighted by Gasteiger charge is 2.50. The van der Waals surface area contributed by atoms with Crippen LogP contribution in [0.15, 0.2) is 12.3 Å². The van der Waals surface area contributed by atoms with Gasteiger partial charge in [-0.25, -0.2) is 4.79 Å². The first kappa shape index (κ1) is 32.0. The molecule has 0 aromatic carbocycles. The van der Waals surface area contributed by atoms with Gasteiger partial charge in [-0.3, -0.25) is 9.59 Å². The van der Waals surface area contributed by atoms with Crippen molar-refractivity contribution in [1.29, 1.82) is 0 Å². The van der Waals surface area contributed by atoms with E-state index in [4.69, 9.17) is 18.8 Å². The minimum absolute atomic E-state index is 0.0631. The van der Waals surface area contributed by atoms with Crippen LogP contribution in [0.25, 0.3) is 0 Å². The molecule has 9 nitrogen and oxygen atoms in total. The van der Waals surface area contributed by atoms with Crippen LogP contribution in [-0.2, 0) is 28.4 Å². The lowest BCUT2D eigenvalue weighted by Crippen LogP contribution is -2.46. The molecule has 0 aromatic heterocycles. The quantitative estimate of drug-likeness (QED) is 0.322. The fraction of sp³-hybridized carbons (Fsp3) is 0.808. The molecule has 0 saturated carbocycles. The summed E-state index contributed by atoms with van der Waals surface area (Å²) >= 11 is 0. The van der Waals surface area contributed by atoms with Crippen LogP contribution in [0.1, 0.15) is 95.4 Å². The number of ether oxygens (including phenoxy) is 2. The summed E-state index contributed by atoms with van der Waals surface area (Å²) in [5.74, 6) is -1.19. The van der Waals surface area contributed by atoms with Gasteiger partial charge in [0, 0.05) is 11.6 Å². The fourth-order valence-electron chi connectivity index (χ4n) is 3.52. The Morgan fingerprint density at radius 2 is 1.44 bits per heavy atom. The van der Waals surface area contributed by atoms with Crippen LogP contribution in [-0.4, -0.2) is 53.5 Å². The molecule has 1 saturated heterocycles. The zero-order valence-corrected chi connectivity index (χ0v) is 24.1. The molecule has 0 aliphatic carbocycles. The summed E-state index contributed by atoms with van der Waals surface area (Å²) in [7, 11) is -0.349. The summed E-state index contributed by atoms with van der Waals surface area (Å²) in [6.07, 6.45) is 1.26. The highest BCUT2D eigenvalue weighted by molar-refractivity contribution is 6.45. The molecule has 2 amide bonds. The molecular weight excluding hydrogens is 463 g/mol. The first-order valence-electron chi connectivity index (χ1n) is 12.7. The maximum absolute atomic E-state index is 12.7. The maximum Gasteiger partial charge on any atom is 0.457 e. The van der Waals surface area contributed by atoms with Gasteiger partial charge in [-0.05, 0) is 88.9 Å². The molecule has 0 bridgehead atoms. The topological polar surface area (TPSA) is 112 Å². The Balaban J connectivity index is 2.77. The van der Waals surface area contributed by atoms with E-state index < -0.39 is 40.4 Å². The number of carbonyl (C=O) groups excluding carboxylic acids is 3. The Bertz CT molecular complexity index is 796. The van der Waals surface area contributed by atoms with Crippen LogP contribution < -0.4 is 10.6 Å². The average Bonchev–Trinajstić information content (AvgIpc) is 2.83. The van der Waals surface area contributed by atoms with E-state index in [1.807, 2.05) is 27.7 Å². The van der Waals surface area contributed by atoms with Crippen molar-refractivity contribution in [3.63, 3.8) is 0 Å². The Labute approximate surface area is 217 Å². The van der Waals surface area contributed by atoms with Crippen molar-refractivity contribution < 1.29 is 33.2 Å². The van der Waals surface area contributed by atoms with Crippen LogP contribution in [0, 0.1) is 5.92 Å². The zero-order valence-electron chi connectivity index (χ0n) is 24.1. The molecule has 1 rings (SSSR count). The molecule has 1 fully saturated rings. The van der Waals surface area contributed by atoms with Gasteiger partial charge in [-0.1, -0.05) is 13.0 Å². The third-order valence-corrected chi connectivity index (χ3v) is 6.03. The van der Waals surface area contributed by atoms with Crippen molar-refractivity contribution in [2.45, 2.75) is 130 Å². The van der Waals surface area contributed by atoms with Crippen LogP contribution in [0.2, 0.25) is 6.32 Å². The van der Waals surface area contributed by atoms with E-state index >= 15 is 0 Å². The predicted molar refractivity (Wildman–Crippen MR) is 140 cm³/mol. The van der Waals surface area contributed by atoms with Crippen LogP contribution in [0.3, 0.4) is 0 Å². The number of rotatable bonds is 10. The first-order chi connectivity index (χ1) is 16.1. The molecule has 0 radical (unpaired) electrons. The lowest BCUT2D eigenvalue weighted by molar-refractivity contribution is -0.155. The van der Waals surface area contributed by atoms with Crippen molar-refractivity contribution in [3.05, 3.63) is 12.3 Å². The van der Waals surface area contributed by atoms with Gasteiger partial charge in [0.15, 0.2) is 0 Å². The average molecular weight is 510 g/mol. The molecule has 2 N–H and O–H groups in total. The van der Waals surface area contributed by atoms with E-state index in [2.05, 4.69) is 17.2 Å². The molecule has 1 aliphatic heterocycles.